The molecule has 1 aromatic rings. The van der Waals surface area contributed by atoms with Gasteiger partial charge in [0.05, 0.1) is 23.6 Å². The van der Waals surface area contributed by atoms with Crippen molar-refractivity contribution in [2.24, 2.45) is 0 Å². The summed E-state index contributed by atoms with van der Waals surface area (Å²) >= 11 is 4.83. The van der Waals surface area contributed by atoms with Crippen molar-refractivity contribution in [1.82, 2.24) is 5.32 Å². The molecule has 0 aliphatic heterocycles. The molecule has 25 heavy (non-hydrogen) atoms. The average Bonchev–Trinajstić information content (AvgIpc) is 2.55. The Morgan fingerprint density at radius 3 is 2.68 bits per heavy atom. The minimum atomic E-state index is -0.774. The fourth-order valence-corrected chi connectivity index (χ4v) is 1.82. The maximum absolute atomic E-state index is 13.6. The van der Waals surface area contributed by atoms with Gasteiger partial charge in [-0.2, -0.15) is 0 Å². The average molecular weight is 373 g/mol. The number of nitrogens with one attached hydrogen (secondary N) is 2. The summed E-state index contributed by atoms with van der Waals surface area (Å²) in [6, 6.07) is 2.85. The van der Waals surface area contributed by atoms with E-state index in [1.807, 2.05) is 0 Å². The Bertz CT molecular complexity index is 670. The molecule has 1 amide bonds. The molecular formula is C14H16FN3O6S. The van der Waals surface area contributed by atoms with Gasteiger partial charge >= 0.3 is 5.97 Å². The van der Waals surface area contributed by atoms with E-state index in [2.05, 4.69) is 10.6 Å². The summed E-state index contributed by atoms with van der Waals surface area (Å²) in [5.74, 6) is -1.94. The lowest BCUT2D eigenvalue weighted by atomic mass is 10.2. The number of thiocarbonyl (C=S) groups is 1. The van der Waals surface area contributed by atoms with Crippen LogP contribution >= 0.6 is 12.2 Å². The largest absolute Gasteiger partial charge is 0.463 e. The van der Waals surface area contributed by atoms with Gasteiger partial charge in [-0.05, 0) is 18.3 Å². The second kappa shape index (κ2) is 10.3. The summed E-state index contributed by atoms with van der Waals surface area (Å²) in [7, 11) is 1.46. The molecule has 0 atom stereocenters. The molecule has 0 radical (unpaired) electrons. The fourth-order valence-electron chi connectivity index (χ4n) is 1.59. The number of hydrogen-bond acceptors (Lipinski definition) is 7. The third kappa shape index (κ3) is 7.63. The van der Waals surface area contributed by atoms with Crippen LogP contribution in [0.5, 0.6) is 0 Å². The summed E-state index contributed by atoms with van der Waals surface area (Å²) in [5, 5.41) is 15.0. The number of hydrogen-bond donors (Lipinski definition) is 2. The Balaban J connectivity index is 2.46. The molecule has 2 N–H and O–H groups in total. The molecule has 1 rings (SSSR count). The molecule has 9 nitrogen and oxygen atoms in total. The lowest BCUT2D eigenvalue weighted by Gasteiger charge is -2.10. The molecule has 0 heterocycles. The summed E-state index contributed by atoms with van der Waals surface area (Å²) < 4.78 is 23.1. The van der Waals surface area contributed by atoms with Crippen LogP contribution in [0.4, 0.5) is 15.8 Å². The van der Waals surface area contributed by atoms with Crippen LogP contribution in [0.15, 0.2) is 18.2 Å². The number of carbonyl (C=O) groups is 2. The van der Waals surface area contributed by atoms with E-state index in [9.17, 15) is 24.1 Å². The van der Waals surface area contributed by atoms with Gasteiger partial charge in [-0.1, -0.05) is 0 Å². The second-order valence-electron chi connectivity index (χ2n) is 4.64. The van der Waals surface area contributed by atoms with Gasteiger partial charge in [-0.15, -0.1) is 0 Å². The topological polar surface area (TPSA) is 120 Å². The Kier molecular flexibility index (Phi) is 8.36. The van der Waals surface area contributed by atoms with Crippen molar-refractivity contribution in [2.45, 2.75) is 12.8 Å². The Morgan fingerprint density at radius 1 is 1.32 bits per heavy atom. The van der Waals surface area contributed by atoms with Gasteiger partial charge in [0.2, 0.25) is 5.91 Å². The van der Waals surface area contributed by atoms with Crippen LogP contribution in [0.25, 0.3) is 0 Å². The maximum atomic E-state index is 13.6. The molecule has 0 aliphatic rings. The normalized spacial score (nSPS) is 10.0. The zero-order valence-electron chi connectivity index (χ0n) is 13.2. The third-order valence-corrected chi connectivity index (χ3v) is 2.97. The quantitative estimate of drug-likeness (QED) is 0.231. The summed E-state index contributed by atoms with van der Waals surface area (Å²) in [6.07, 6.45) is -0.353. The van der Waals surface area contributed by atoms with E-state index >= 15 is 0 Å². The summed E-state index contributed by atoms with van der Waals surface area (Å²) in [4.78, 5) is 33.0. The van der Waals surface area contributed by atoms with Gasteiger partial charge in [0.15, 0.2) is 5.11 Å². The van der Waals surface area contributed by atoms with Crippen molar-refractivity contribution in [3.63, 3.8) is 0 Å². The van der Waals surface area contributed by atoms with Crippen molar-refractivity contribution >= 4 is 40.6 Å². The number of ether oxygens (including phenoxy) is 2. The van der Waals surface area contributed by atoms with Gasteiger partial charge in [0.25, 0.3) is 5.69 Å². The van der Waals surface area contributed by atoms with Gasteiger partial charge < -0.3 is 20.1 Å². The first-order valence-corrected chi connectivity index (χ1v) is 7.43. The zero-order valence-corrected chi connectivity index (χ0v) is 14.1. The number of anilines is 1. The molecule has 1 aromatic carbocycles. The number of non-ortho nitro benzene ring substituents is 1. The number of amides is 1. The van der Waals surface area contributed by atoms with E-state index in [1.165, 1.54) is 7.11 Å². The van der Waals surface area contributed by atoms with Gasteiger partial charge in [-0.25, -0.2) is 4.39 Å². The van der Waals surface area contributed by atoms with Crippen LogP contribution in [-0.4, -0.2) is 42.2 Å². The van der Waals surface area contributed by atoms with Gasteiger partial charge in [0, 0.05) is 25.7 Å². The number of methoxy groups -OCH3 is 1. The monoisotopic (exact) mass is 373 g/mol. The fraction of sp³-hybridized carbons (Fsp3) is 0.357. The number of esters is 1. The molecule has 0 spiro atoms. The van der Waals surface area contributed by atoms with E-state index in [-0.39, 0.29) is 42.5 Å². The molecular weight excluding hydrogens is 357 g/mol. The van der Waals surface area contributed by atoms with Gasteiger partial charge in [-0.3, -0.25) is 19.7 Å². The number of rotatable bonds is 8. The van der Waals surface area contributed by atoms with E-state index in [4.69, 9.17) is 21.7 Å². The number of nitrogens with zero attached hydrogens (tertiary/aromatic N) is 1. The first-order chi connectivity index (χ1) is 11.8. The summed E-state index contributed by atoms with van der Waals surface area (Å²) in [6.45, 7) is 0.337. The Hall–Kier alpha value is -2.66. The molecule has 0 aromatic heterocycles. The highest BCUT2D eigenvalue weighted by Gasteiger charge is 2.14. The Morgan fingerprint density at radius 2 is 2.04 bits per heavy atom. The van der Waals surface area contributed by atoms with Crippen molar-refractivity contribution < 1.29 is 28.4 Å². The van der Waals surface area contributed by atoms with Crippen LogP contribution in [0.3, 0.4) is 0 Å². The molecule has 0 fully saturated rings. The minimum absolute atomic E-state index is 0.0863. The standard InChI is InChI=1S/C14H16FN3O6S/c1-23-6-7-24-13(20)5-4-12(19)17-14(25)16-11-8-9(18(21)22)2-3-10(11)15/h2-3,8H,4-7H2,1H3,(H2,16,17,19,25). The van der Waals surface area contributed by atoms with E-state index < -0.39 is 22.6 Å². The number of halogens is 1. The Labute approximate surface area is 147 Å². The van der Waals surface area contributed by atoms with Crippen LogP contribution < -0.4 is 10.6 Å². The van der Waals surface area contributed by atoms with Crippen molar-refractivity contribution in [2.75, 3.05) is 25.6 Å². The van der Waals surface area contributed by atoms with Crippen LogP contribution in [0.1, 0.15) is 12.8 Å². The SMILES string of the molecule is COCCOC(=O)CCC(=O)NC(=S)Nc1cc([N+](=O)[O-])ccc1F. The van der Waals surface area contributed by atoms with E-state index in [0.29, 0.717) is 0 Å². The molecule has 0 aliphatic carbocycles. The molecule has 136 valence electrons. The zero-order chi connectivity index (χ0) is 18.8. The highest BCUT2D eigenvalue weighted by atomic mass is 32.1. The van der Waals surface area contributed by atoms with Crippen molar-refractivity contribution in [3.8, 4) is 0 Å². The van der Waals surface area contributed by atoms with Crippen LogP contribution in [0, 0.1) is 15.9 Å². The number of nitro benzene ring substituents is 1. The molecule has 0 saturated heterocycles. The first-order valence-electron chi connectivity index (χ1n) is 7.02. The smallest absolute Gasteiger partial charge is 0.306 e. The van der Waals surface area contributed by atoms with Crippen LogP contribution in [-0.2, 0) is 19.1 Å². The minimum Gasteiger partial charge on any atom is -0.463 e. The third-order valence-electron chi connectivity index (χ3n) is 2.77. The number of benzene rings is 1. The molecule has 0 bridgehead atoms. The molecule has 0 unspecified atom stereocenters. The summed E-state index contributed by atoms with van der Waals surface area (Å²) in [5.41, 5.74) is -0.588. The lowest BCUT2D eigenvalue weighted by molar-refractivity contribution is -0.384. The first kappa shape index (κ1) is 20.4. The predicted molar refractivity (Wildman–Crippen MR) is 89.5 cm³/mol. The lowest BCUT2D eigenvalue weighted by Crippen LogP contribution is -2.34. The predicted octanol–water partition coefficient (Wildman–Crippen LogP) is 1.52. The highest BCUT2D eigenvalue weighted by Crippen LogP contribution is 2.21. The number of carbonyl (C=O) groups excluding carboxylic acids is 2. The second-order valence-corrected chi connectivity index (χ2v) is 5.05. The van der Waals surface area contributed by atoms with Crippen molar-refractivity contribution in [1.29, 1.82) is 0 Å². The molecule has 11 heteroatoms. The van der Waals surface area contributed by atoms with Crippen LogP contribution in [0.2, 0.25) is 0 Å². The number of nitro groups is 1. The highest BCUT2D eigenvalue weighted by molar-refractivity contribution is 7.80. The van der Waals surface area contributed by atoms with Gasteiger partial charge in [0.1, 0.15) is 12.4 Å². The van der Waals surface area contributed by atoms with E-state index in [1.54, 1.807) is 0 Å². The van der Waals surface area contributed by atoms with E-state index in [0.717, 1.165) is 18.2 Å². The maximum Gasteiger partial charge on any atom is 0.306 e. The molecule has 0 saturated carbocycles. The van der Waals surface area contributed by atoms with Crippen molar-refractivity contribution in [3.05, 3.63) is 34.1 Å².